The van der Waals surface area contributed by atoms with Gasteiger partial charge in [0.25, 0.3) is 0 Å². The molecule has 0 heterocycles. The Morgan fingerprint density at radius 3 is 2.32 bits per heavy atom. The summed E-state index contributed by atoms with van der Waals surface area (Å²) in [6.07, 6.45) is 0.945. The molecule has 1 N–H and O–H groups in total. The standard InChI is InChI=1S/C20H24N2O3/c1-4-16-10-12-17(13-11-16)21-20(24)14-22(15(3)23)18-8-6-7-9-19(18)25-5-2/h6-13H,4-5,14H2,1-3H3,(H,21,24). The highest BCUT2D eigenvalue weighted by molar-refractivity contribution is 6.02. The number of nitrogens with one attached hydrogen (secondary N) is 1. The van der Waals surface area contributed by atoms with Crippen molar-refractivity contribution in [3.05, 3.63) is 54.1 Å². The van der Waals surface area contributed by atoms with E-state index in [2.05, 4.69) is 12.2 Å². The van der Waals surface area contributed by atoms with Gasteiger partial charge in [0.15, 0.2) is 0 Å². The molecule has 2 rings (SSSR count). The highest BCUT2D eigenvalue weighted by atomic mass is 16.5. The van der Waals surface area contributed by atoms with E-state index in [-0.39, 0.29) is 18.4 Å². The van der Waals surface area contributed by atoms with E-state index < -0.39 is 0 Å². The molecule has 0 unspecified atom stereocenters. The summed E-state index contributed by atoms with van der Waals surface area (Å²) in [5.74, 6) is 0.106. The van der Waals surface area contributed by atoms with E-state index in [0.717, 1.165) is 6.42 Å². The van der Waals surface area contributed by atoms with Crippen LogP contribution < -0.4 is 15.0 Å². The SMILES string of the molecule is CCOc1ccccc1N(CC(=O)Nc1ccc(CC)cc1)C(C)=O. The van der Waals surface area contributed by atoms with Gasteiger partial charge in [-0.25, -0.2) is 0 Å². The van der Waals surface area contributed by atoms with Crippen LogP contribution >= 0.6 is 0 Å². The highest BCUT2D eigenvalue weighted by Crippen LogP contribution is 2.28. The molecule has 25 heavy (non-hydrogen) atoms. The minimum atomic E-state index is -0.259. The Morgan fingerprint density at radius 2 is 1.72 bits per heavy atom. The quantitative estimate of drug-likeness (QED) is 0.837. The molecule has 2 aromatic rings. The third-order valence-corrected chi connectivity index (χ3v) is 3.78. The first-order chi connectivity index (χ1) is 12.0. The first-order valence-corrected chi connectivity index (χ1v) is 8.43. The zero-order chi connectivity index (χ0) is 18.2. The molecule has 0 bridgehead atoms. The predicted molar refractivity (Wildman–Crippen MR) is 100 cm³/mol. The Kier molecular flexibility index (Phi) is 6.57. The molecule has 5 heteroatoms. The Morgan fingerprint density at radius 1 is 1.04 bits per heavy atom. The molecule has 0 aliphatic carbocycles. The molecule has 0 radical (unpaired) electrons. The summed E-state index contributed by atoms with van der Waals surface area (Å²) in [7, 11) is 0. The predicted octanol–water partition coefficient (Wildman–Crippen LogP) is 3.64. The maximum atomic E-state index is 12.4. The number of anilines is 2. The van der Waals surface area contributed by atoms with Crippen molar-refractivity contribution in [2.75, 3.05) is 23.4 Å². The molecule has 0 fully saturated rings. The van der Waals surface area contributed by atoms with Crippen LogP contribution in [-0.2, 0) is 16.0 Å². The lowest BCUT2D eigenvalue weighted by Crippen LogP contribution is -2.37. The fourth-order valence-corrected chi connectivity index (χ4v) is 2.49. The number of rotatable bonds is 7. The van der Waals surface area contributed by atoms with Gasteiger partial charge in [0.2, 0.25) is 11.8 Å². The second-order valence-electron chi connectivity index (χ2n) is 5.60. The minimum absolute atomic E-state index is 0.0745. The van der Waals surface area contributed by atoms with Gasteiger partial charge in [-0.05, 0) is 43.2 Å². The fourth-order valence-electron chi connectivity index (χ4n) is 2.49. The molecule has 132 valence electrons. The van der Waals surface area contributed by atoms with E-state index in [0.29, 0.717) is 23.7 Å². The van der Waals surface area contributed by atoms with E-state index in [9.17, 15) is 9.59 Å². The van der Waals surface area contributed by atoms with Crippen molar-refractivity contribution in [1.82, 2.24) is 0 Å². The number of benzene rings is 2. The van der Waals surface area contributed by atoms with Crippen LogP contribution in [0.4, 0.5) is 11.4 Å². The summed E-state index contributed by atoms with van der Waals surface area (Å²) in [5, 5.41) is 2.83. The van der Waals surface area contributed by atoms with Crippen LogP contribution in [0.5, 0.6) is 5.75 Å². The molecule has 2 amide bonds. The topological polar surface area (TPSA) is 58.6 Å². The lowest BCUT2D eigenvalue weighted by atomic mass is 10.1. The summed E-state index contributed by atoms with van der Waals surface area (Å²) < 4.78 is 5.57. The van der Waals surface area contributed by atoms with Crippen molar-refractivity contribution < 1.29 is 14.3 Å². The number of nitrogens with zero attached hydrogens (tertiary/aromatic N) is 1. The molecular weight excluding hydrogens is 316 g/mol. The number of hydrogen-bond donors (Lipinski definition) is 1. The van der Waals surface area contributed by atoms with Gasteiger partial charge in [0, 0.05) is 12.6 Å². The van der Waals surface area contributed by atoms with Crippen LogP contribution in [0.2, 0.25) is 0 Å². The summed E-state index contributed by atoms with van der Waals surface area (Å²) in [6.45, 7) is 5.80. The second kappa shape index (κ2) is 8.87. The lowest BCUT2D eigenvalue weighted by molar-refractivity contribution is -0.120. The van der Waals surface area contributed by atoms with Gasteiger partial charge >= 0.3 is 0 Å². The number of ether oxygens (including phenoxy) is 1. The average Bonchev–Trinajstić information content (AvgIpc) is 2.61. The van der Waals surface area contributed by atoms with E-state index in [1.54, 1.807) is 12.1 Å². The van der Waals surface area contributed by atoms with E-state index >= 15 is 0 Å². The van der Waals surface area contributed by atoms with Gasteiger partial charge in [0.05, 0.1) is 12.3 Å². The molecule has 5 nitrogen and oxygen atoms in total. The minimum Gasteiger partial charge on any atom is -0.492 e. The Balaban J connectivity index is 2.13. The van der Waals surface area contributed by atoms with Gasteiger partial charge in [0.1, 0.15) is 12.3 Å². The van der Waals surface area contributed by atoms with Crippen LogP contribution in [-0.4, -0.2) is 25.0 Å². The first-order valence-electron chi connectivity index (χ1n) is 8.43. The van der Waals surface area contributed by atoms with Gasteiger partial charge in [-0.15, -0.1) is 0 Å². The van der Waals surface area contributed by atoms with Crippen molar-refractivity contribution >= 4 is 23.2 Å². The molecule has 0 aliphatic heterocycles. The van der Waals surface area contributed by atoms with Crippen LogP contribution in [0.3, 0.4) is 0 Å². The first kappa shape index (κ1) is 18.5. The number of carbonyl (C=O) groups is 2. The summed E-state index contributed by atoms with van der Waals surface area (Å²) in [6, 6.07) is 14.9. The third kappa shape index (κ3) is 5.08. The van der Waals surface area contributed by atoms with Crippen LogP contribution in [0.25, 0.3) is 0 Å². The number of hydrogen-bond acceptors (Lipinski definition) is 3. The highest BCUT2D eigenvalue weighted by Gasteiger charge is 2.19. The maximum absolute atomic E-state index is 12.4. The third-order valence-electron chi connectivity index (χ3n) is 3.78. The zero-order valence-electron chi connectivity index (χ0n) is 14.9. The molecule has 0 aromatic heterocycles. The molecular formula is C20H24N2O3. The summed E-state index contributed by atoms with van der Waals surface area (Å²) >= 11 is 0. The largest absolute Gasteiger partial charge is 0.492 e. The smallest absolute Gasteiger partial charge is 0.244 e. The second-order valence-corrected chi connectivity index (χ2v) is 5.60. The lowest BCUT2D eigenvalue weighted by Gasteiger charge is -2.23. The van der Waals surface area contributed by atoms with E-state index in [1.165, 1.54) is 17.4 Å². The Bertz CT molecular complexity index is 726. The monoisotopic (exact) mass is 340 g/mol. The number of para-hydroxylation sites is 2. The molecule has 0 atom stereocenters. The molecule has 0 aliphatic rings. The van der Waals surface area contributed by atoms with Gasteiger partial charge in [-0.2, -0.15) is 0 Å². The van der Waals surface area contributed by atoms with Crippen molar-refractivity contribution in [3.63, 3.8) is 0 Å². The fraction of sp³-hybridized carbons (Fsp3) is 0.300. The van der Waals surface area contributed by atoms with Crippen molar-refractivity contribution in [3.8, 4) is 5.75 Å². The van der Waals surface area contributed by atoms with E-state index in [1.807, 2.05) is 43.3 Å². The number of amides is 2. The van der Waals surface area contributed by atoms with Crippen molar-refractivity contribution in [2.45, 2.75) is 27.2 Å². The number of carbonyl (C=O) groups excluding carboxylic acids is 2. The van der Waals surface area contributed by atoms with E-state index in [4.69, 9.17) is 4.74 Å². The molecule has 0 saturated heterocycles. The maximum Gasteiger partial charge on any atom is 0.244 e. The van der Waals surface area contributed by atoms with Gasteiger partial charge in [-0.3, -0.25) is 14.5 Å². The van der Waals surface area contributed by atoms with Gasteiger partial charge < -0.3 is 10.1 Å². The Labute approximate surface area is 148 Å². The molecule has 0 spiro atoms. The van der Waals surface area contributed by atoms with Gasteiger partial charge in [-0.1, -0.05) is 31.2 Å². The molecule has 0 saturated carbocycles. The van der Waals surface area contributed by atoms with Crippen LogP contribution in [0.15, 0.2) is 48.5 Å². The average molecular weight is 340 g/mol. The summed E-state index contributed by atoms with van der Waals surface area (Å²) in [4.78, 5) is 25.9. The Hall–Kier alpha value is -2.82. The number of aryl methyl sites for hydroxylation is 1. The van der Waals surface area contributed by atoms with Crippen LogP contribution in [0.1, 0.15) is 26.3 Å². The van der Waals surface area contributed by atoms with Crippen molar-refractivity contribution in [1.29, 1.82) is 0 Å². The normalized spacial score (nSPS) is 10.2. The zero-order valence-corrected chi connectivity index (χ0v) is 14.9. The van der Waals surface area contributed by atoms with Crippen LogP contribution in [0, 0.1) is 0 Å². The van der Waals surface area contributed by atoms with Crippen molar-refractivity contribution in [2.24, 2.45) is 0 Å². The summed E-state index contributed by atoms with van der Waals surface area (Å²) in [5.41, 5.74) is 2.51. The molecule has 2 aromatic carbocycles.